The van der Waals surface area contributed by atoms with Gasteiger partial charge < -0.3 is 4.74 Å². The van der Waals surface area contributed by atoms with E-state index in [-0.39, 0.29) is 24.5 Å². The fourth-order valence-corrected chi connectivity index (χ4v) is 2.54. The van der Waals surface area contributed by atoms with Crippen LogP contribution in [0.25, 0.3) is 0 Å². The van der Waals surface area contributed by atoms with E-state index in [1.54, 1.807) is 4.68 Å². The molecule has 7 nitrogen and oxygen atoms in total. The highest BCUT2D eigenvalue weighted by Crippen LogP contribution is 2.30. The number of nitrogens with zero attached hydrogens (tertiary/aromatic N) is 2. The average Bonchev–Trinajstić information content (AvgIpc) is 2.87. The van der Waals surface area contributed by atoms with Crippen LogP contribution in [0.5, 0.6) is 5.75 Å². The van der Waals surface area contributed by atoms with Crippen LogP contribution in [-0.4, -0.2) is 28.2 Å². The van der Waals surface area contributed by atoms with Crippen LogP contribution >= 0.6 is 0 Å². The summed E-state index contributed by atoms with van der Waals surface area (Å²) in [6.45, 7) is 9.81. The van der Waals surface area contributed by atoms with Gasteiger partial charge in [0, 0.05) is 5.69 Å². The van der Waals surface area contributed by atoms with Crippen molar-refractivity contribution in [3.63, 3.8) is 0 Å². The van der Waals surface area contributed by atoms with Gasteiger partial charge in [-0.25, -0.2) is 0 Å². The lowest BCUT2D eigenvalue weighted by molar-refractivity contribution is -0.130. The summed E-state index contributed by atoms with van der Waals surface area (Å²) in [6.07, 6.45) is 0. The second-order valence-electron chi connectivity index (χ2n) is 7.22. The SMILES string of the molecule is Cc1cc(C)n(CC(=O)NNC(=O)COc2ccccc2C(C)(C)C)n1. The molecule has 0 radical (unpaired) electrons. The molecule has 0 spiro atoms. The molecule has 1 aromatic carbocycles. The summed E-state index contributed by atoms with van der Waals surface area (Å²) in [7, 11) is 0. The van der Waals surface area contributed by atoms with Gasteiger partial charge in [0.25, 0.3) is 11.8 Å². The predicted octanol–water partition coefficient (Wildman–Crippen LogP) is 2.02. The maximum atomic E-state index is 11.9. The molecule has 0 aliphatic heterocycles. The molecule has 0 atom stereocenters. The molecule has 2 amide bonds. The van der Waals surface area contributed by atoms with E-state index >= 15 is 0 Å². The molecule has 2 rings (SSSR count). The number of amides is 2. The third-order valence-corrected chi connectivity index (χ3v) is 3.79. The van der Waals surface area contributed by atoms with Gasteiger partial charge in [0.05, 0.1) is 5.69 Å². The minimum atomic E-state index is -0.435. The van der Waals surface area contributed by atoms with Gasteiger partial charge >= 0.3 is 0 Å². The van der Waals surface area contributed by atoms with Crippen LogP contribution in [0.15, 0.2) is 30.3 Å². The van der Waals surface area contributed by atoms with Crippen LogP contribution in [0.2, 0.25) is 0 Å². The van der Waals surface area contributed by atoms with Crippen LogP contribution in [-0.2, 0) is 21.5 Å². The first kappa shape index (κ1) is 19.5. The molecule has 1 heterocycles. The van der Waals surface area contributed by atoms with E-state index in [2.05, 4.69) is 36.7 Å². The molecule has 7 heteroatoms. The van der Waals surface area contributed by atoms with E-state index in [4.69, 9.17) is 4.74 Å². The third kappa shape index (κ3) is 5.34. The average molecular weight is 358 g/mol. The number of ether oxygens (including phenoxy) is 1. The van der Waals surface area contributed by atoms with E-state index in [1.807, 2.05) is 44.2 Å². The Morgan fingerprint density at radius 2 is 1.77 bits per heavy atom. The number of carbonyl (C=O) groups excluding carboxylic acids is 2. The van der Waals surface area contributed by atoms with Gasteiger partial charge in [0.2, 0.25) is 0 Å². The zero-order valence-electron chi connectivity index (χ0n) is 15.9. The molecule has 140 valence electrons. The first-order valence-electron chi connectivity index (χ1n) is 8.48. The van der Waals surface area contributed by atoms with Crippen LogP contribution < -0.4 is 15.6 Å². The van der Waals surface area contributed by atoms with Crippen molar-refractivity contribution in [1.29, 1.82) is 0 Å². The maximum Gasteiger partial charge on any atom is 0.276 e. The third-order valence-electron chi connectivity index (χ3n) is 3.79. The van der Waals surface area contributed by atoms with E-state index in [9.17, 15) is 9.59 Å². The van der Waals surface area contributed by atoms with Crippen LogP contribution in [0, 0.1) is 13.8 Å². The van der Waals surface area contributed by atoms with Gasteiger partial charge in [0.1, 0.15) is 12.3 Å². The Morgan fingerprint density at radius 3 is 2.38 bits per heavy atom. The molecule has 0 aliphatic carbocycles. The quantitative estimate of drug-likeness (QED) is 0.801. The molecule has 0 saturated heterocycles. The van der Waals surface area contributed by atoms with E-state index in [1.165, 1.54) is 0 Å². The Bertz CT molecular complexity index is 790. The molecule has 0 saturated carbocycles. The summed E-state index contributed by atoms with van der Waals surface area (Å²) in [4.78, 5) is 23.8. The van der Waals surface area contributed by atoms with Gasteiger partial charge in [-0.2, -0.15) is 5.10 Å². The lowest BCUT2D eigenvalue weighted by atomic mass is 9.86. The number of carbonyl (C=O) groups is 2. The van der Waals surface area contributed by atoms with E-state index < -0.39 is 5.91 Å². The van der Waals surface area contributed by atoms with Crippen molar-refractivity contribution in [2.24, 2.45) is 0 Å². The van der Waals surface area contributed by atoms with Crippen LogP contribution in [0.3, 0.4) is 0 Å². The molecule has 0 aliphatic rings. The van der Waals surface area contributed by atoms with Crippen LogP contribution in [0.1, 0.15) is 37.7 Å². The normalized spacial score (nSPS) is 11.1. The smallest absolute Gasteiger partial charge is 0.276 e. The molecule has 2 N–H and O–H groups in total. The number of hydrogen-bond acceptors (Lipinski definition) is 4. The van der Waals surface area contributed by atoms with Gasteiger partial charge in [-0.1, -0.05) is 39.0 Å². The molecule has 1 aromatic heterocycles. The molecule has 0 unspecified atom stereocenters. The lowest BCUT2D eigenvalue weighted by Gasteiger charge is -2.22. The lowest BCUT2D eigenvalue weighted by Crippen LogP contribution is -2.45. The van der Waals surface area contributed by atoms with Crippen molar-refractivity contribution in [1.82, 2.24) is 20.6 Å². The van der Waals surface area contributed by atoms with Crippen molar-refractivity contribution in [2.75, 3.05) is 6.61 Å². The largest absolute Gasteiger partial charge is 0.483 e. The number of rotatable bonds is 5. The Balaban J connectivity index is 1.83. The number of para-hydroxylation sites is 1. The van der Waals surface area contributed by atoms with E-state index in [0.29, 0.717) is 5.75 Å². The standard InChI is InChI=1S/C19H26N4O3/c1-13-10-14(2)23(22-13)11-17(24)20-21-18(25)12-26-16-9-7-6-8-15(16)19(3,4)5/h6-10H,11-12H2,1-5H3,(H,20,24)(H,21,25). The predicted molar refractivity (Wildman–Crippen MR) is 98.6 cm³/mol. The number of aromatic nitrogens is 2. The number of nitrogens with one attached hydrogen (secondary N) is 2. The van der Waals surface area contributed by atoms with Crippen molar-refractivity contribution in [3.05, 3.63) is 47.3 Å². The summed E-state index contributed by atoms with van der Waals surface area (Å²) < 4.78 is 7.19. The van der Waals surface area contributed by atoms with Crippen molar-refractivity contribution >= 4 is 11.8 Å². The molecule has 0 bridgehead atoms. The first-order valence-corrected chi connectivity index (χ1v) is 8.48. The zero-order chi connectivity index (χ0) is 19.3. The number of aryl methyl sites for hydroxylation is 2. The maximum absolute atomic E-state index is 11.9. The fraction of sp³-hybridized carbons (Fsp3) is 0.421. The second kappa shape index (κ2) is 8.03. The minimum Gasteiger partial charge on any atom is -0.483 e. The highest BCUT2D eigenvalue weighted by atomic mass is 16.5. The Kier molecular flexibility index (Phi) is 6.02. The van der Waals surface area contributed by atoms with Gasteiger partial charge in [0.15, 0.2) is 6.61 Å². The topological polar surface area (TPSA) is 85.2 Å². The highest BCUT2D eigenvalue weighted by Gasteiger charge is 2.19. The Morgan fingerprint density at radius 1 is 1.12 bits per heavy atom. The fourth-order valence-electron chi connectivity index (χ4n) is 2.54. The monoisotopic (exact) mass is 358 g/mol. The van der Waals surface area contributed by atoms with Crippen molar-refractivity contribution in [2.45, 2.75) is 46.6 Å². The number of hydrogen-bond donors (Lipinski definition) is 2. The van der Waals surface area contributed by atoms with Crippen molar-refractivity contribution < 1.29 is 14.3 Å². The van der Waals surface area contributed by atoms with Gasteiger partial charge in [-0.3, -0.25) is 25.1 Å². The van der Waals surface area contributed by atoms with Crippen molar-refractivity contribution in [3.8, 4) is 5.75 Å². The van der Waals surface area contributed by atoms with Gasteiger partial charge in [-0.05, 0) is 37.0 Å². The first-order chi connectivity index (χ1) is 12.2. The Labute approximate surface area is 153 Å². The number of hydrazine groups is 1. The van der Waals surface area contributed by atoms with Gasteiger partial charge in [-0.15, -0.1) is 0 Å². The molecular weight excluding hydrogens is 332 g/mol. The zero-order valence-corrected chi connectivity index (χ0v) is 15.9. The molecular formula is C19H26N4O3. The second-order valence-corrected chi connectivity index (χ2v) is 7.22. The summed E-state index contributed by atoms with van der Waals surface area (Å²) >= 11 is 0. The minimum absolute atomic E-state index is 0.0354. The summed E-state index contributed by atoms with van der Waals surface area (Å²) in [5, 5.41) is 4.20. The summed E-state index contributed by atoms with van der Waals surface area (Å²) in [5.74, 6) is -0.140. The number of benzene rings is 1. The van der Waals surface area contributed by atoms with Crippen LogP contribution in [0.4, 0.5) is 0 Å². The Hall–Kier alpha value is -2.83. The highest BCUT2D eigenvalue weighted by molar-refractivity contribution is 5.82. The molecule has 26 heavy (non-hydrogen) atoms. The summed E-state index contributed by atoms with van der Waals surface area (Å²) in [6, 6.07) is 9.48. The molecule has 2 aromatic rings. The van der Waals surface area contributed by atoms with E-state index in [0.717, 1.165) is 17.0 Å². The molecule has 0 fully saturated rings. The summed E-state index contributed by atoms with van der Waals surface area (Å²) in [5.41, 5.74) is 7.36.